The molecule has 2 rings (SSSR count). The van der Waals surface area contributed by atoms with Crippen LogP contribution < -0.4 is 5.32 Å². The van der Waals surface area contributed by atoms with Gasteiger partial charge in [0.25, 0.3) is 0 Å². The molecule has 0 aromatic heterocycles. The molecular formula is C19H31NO. The molecule has 1 aromatic rings. The molecule has 21 heavy (non-hydrogen) atoms. The molecule has 0 saturated carbocycles. The minimum Gasteiger partial charge on any atom is -0.381 e. The van der Waals surface area contributed by atoms with Gasteiger partial charge < -0.3 is 10.1 Å². The summed E-state index contributed by atoms with van der Waals surface area (Å²) in [5, 5.41) is 3.85. The maximum absolute atomic E-state index is 5.68. The predicted molar refractivity (Wildman–Crippen MR) is 89.6 cm³/mol. The molecule has 0 radical (unpaired) electrons. The molecule has 4 atom stereocenters. The summed E-state index contributed by atoms with van der Waals surface area (Å²) in [4.78, 5) is 0. The minimum atomic E-state index is 0.532. The van der Waals surface area contributed by atoms with Gasteiger partial charge in [-0.05, 0) is 30.9 Å². The van der Waals surface area contributed by atoms with Crippen molar-refractivity contribution in [2.24, 2.45) is 11.8 Å². The molecule has 1 heterocycles. The van der Waals surface area contributed by atoms with E-state index in [0.717, 1.165) is 19.8 Å². The molecule has 1 aliphatic heterocycles. The molecule has 2 nitrogen and oxygen atoms in total. The molecule has 0 aliphatic carbocycles. The first-order chi connectivity index (χ1) is 10.3. The van der Waals surface area contributed by atoms with Crippen LogP contribution in [-0.2, 0) is 4.74 Å². The van der Waals surface area contributed by atoms with Crippen molar-refractivity contribution in [1.82, 2.24) is 5.32 Å². The van der Waals surface area contributed by atoms with Gasteiger partial charge in [-0.2, -0.15) is 0 Å². The summed E-state index contributed by atoms with van der Waals surface area (Å²) in [6.07, 6.45) is 3.60. The zero-order valence-electron chi connectivity index (χ0n) is 13.8. The van der Waals surface area contributed by atoms with E-state index in [4.69, 9.17) is 4.74 Å². The Bertz CT molecular complexity index is 386. The van der Waals surface area contributed by atoms with E-state index in [-0.39, 0.29) is 0 Å². The SMILES string of the molecule is CCCNC(C1CCOC1)C(c1ccccc1)C(C)CC. The second-order valence-electron chi connectivity index (χ2n) is 6.43. The van der Waals surface area contributed by atoms with Crippen molar-refractivity contribution in [2.75, 3.05) is 19.8 Å². The van der Waals surface area contributed by atoms with Gasteiger partial charge in [-0.1, -0.05) is 57.5 Å². The normalized spacial score (nSPS) is 22.9. The lowest BCUT2D eigenvalue weighted by Crippen LogP contribution is -2.44. The number of hydrogen-bond acceptors (Lipinski definition) is 2. The summed E-state index contributed by atoms with van der Waals surface area (Å²) in [7, 11) is 0. The first-order valence-corrected chi connectivity index (χ1v) is 8.64. The molecule has 1 aromatic carbocycles. The molecule has 4 unspecified atom stereocenters. The van der Waals surface area contributed by atoms with E-state index in [1.807, 2.05) is 0 Å². The molecule has 0 spiro atoms. The molecule has 0 amide bonds. The van der Waals surface area contributed by atoms with Crippen LogP contribution in [0.1, 0.15) is 51.5 Å². The highest BCUT2D eigenvalue weighted by Crippen LogP contribution is 2.35. The molecule has 0 bridgehead atoms. The average molecular weight is 289 g/mol. The van der Waals surface area contributed by atoms with Crippen molar-refractivity contribution >= 4 is 0 Å². The Morgan fingerprint density at radius 2 is 2.00 bits per heavy atom. The lowest BCUT2D eigenvalue weighted by atomic mass is 9.75. The smallest absolute Gasteiger partial charge is 0.0510 e. The van der Waals surface area contributed by atoms with E-state index >= 15 is 0 Å². The Kier molecular flexibility index (Phi) is 6.72. The molecule has 118 valence electrons. The minimum absolute atomic E-state index is 0.532. The first kappa shape index (κ1) is 16.5. The third-order valence-electron chi connectivity index (χ3n) is 4.93. The van der Waals surface area contributed by atoms with Gasteiger partial charge >= 0.3 is 0 Å². The van der Waals surface area contributed by atoms with Gasteiger partial charge in [0.1, 0.15) is 0 Å². The topological polar surface area (TPSA) is 21.3 Å². The number of rotatable bonds is 8. The van der Waals surface area contributed by atoms with Gasteiger partial charge in [0, 0.05) is 24.5 Å². The Morgan fingerprint density at radius 3 is 2.57 bits per heavy atom. The summed E-state index contributed by atoms with van der Waals surface area (Å²) >= 11 is 0. The Morgan fingerprint density at radius 1 is 1.24 bits per heavy atom. The summed E-state index contributed by atoms with van der Waals surface area (Å²) in [6.45, 7) is 9.89. The standard InChI is InChI=1S/C19H31NO/c1-4-12-20-19(17-11-13-21-14-17)18(15(3)5-2)16-9-7-6-8-10-16/h6-10,15,17-20H,4-5,11-14H2,1-3H3. The van der Waals surface area contributed by atoms with Gasteiger partial charge in [0.2, 0.25) is 0 Å². The third kappa shape index (κ3) is 4.31. The second-order valence-corrected chi connectivity index (χ2v) is 6.43. The Balaban J connectivity index is 2.25. The molecular weight excluding hydrogens is 258 g/mol. The van der Waals surface area contributed by atoms with Crippen LogP contribution in [0.3, 0.4) is 0 Å². The summed E-state index contributed by atoms with van der Waals surface area (Å²) < 4.78 is 5.68. The van der Waals surface area contributed by atoms with Gasteiger partial charge in [0.05, 0.1) is 6.61 Å². The van der Waals surface area contributed by atoms with E-state index < -0.39 is 0 Å². The maximum atomic E-state index is 5.68. The number of benzene rings is 1. The van der Waals surface area contributed by atoms with Crippen molar-refractivity contribution in [3.8, 4) is 0 Å². The first-order valence-electron chi connectivity index (χ1n) is 8.64. The molecule has 1 saturated heterocycles. The highest BCUT2D eigenvalue weighted by atomic mass is 16.5. The van der Waals surface area contributed by atoms with Crippen LogP contribution in [0.15, 0.2) is 30.3 Å². The van der Waals surface area contributed by atoms with Crippen LogP contribution in [0.25, 0.3) is 0 Å². The van der Waals surface area contributed by atoms with Crippen molar-refractivity contribution in [3.05, 3.63) is 35.9 Å². The fourth-order valence-corrected chi connectivity index (χ4v) is 3.55. The van der Waals surface area contributed by atoms with Gasteiger partial charge in [-0.3, -0.25) is 0 Å². The Hall–Kier alpha value is -0.860. The molecule has 1 N–H and O–H groups in total. The fraction of sp³-hybridized carbons (Fsp3) is 0.684. The third-order valence-corrected chi connectivity index (χ3v) is 4.93. The number of hydrogen-bond donors (Lipinski definition) is 1. The zero-order valence-corrected chi connectivity index (χ0v) is 13.8. The largest absolute Gasteiger partial charge is 0.381 e. The number of nitrogens with one attached hydrogen (secondary N) is 1. The van der Waals surface area contributed by atoms with Crippen LogP contribution in [0.2, 0.25) is 0 Å². The van der Waals surface area contributed by atoms with Crippen molar-refractivity contribution < 1.29 is 4.74 Å². The van der Waals surface area contributed by atoms with E-state index in [1.165, 1.54) is 24.8 Å². The fourth-order valence-electron chi connectivity index (χ4n) is 3.55. The second kappa shape index (κ2) is 8.55. The van der Waals surface area contributed by atoms with Crippen LogP contribution in [-0.4, -0.2) is 25.8 Å². The average Bonchev–Trinajstić information content (AvgIpc) is 3.05. The quantitative estimate of drug-likeness (QED) is 0.773. The highest BCUT2D eigenvalue weighted by Gasteiger charge is 2.34. The summed E-state index contributed by atoms with van der Waals surface area (Å²) in [5.74, 6) is 1.91. The van der Waals surface area contributed by atoms with Crippen LogP contribution >= 0.6 is 0 Å². The van der Waals surface area contributed by atoms with Crippen LogP contribution in [0.5, 0.6) is 0 Å². The van der Waals surface area contributed by atoms with Gasteiger partial charge in [0.15, 0.2) is 0 Å². The highest BCUT2D eigenvalue weighted by molar-refractivity contribution is 5.23. The zero-order chi connectivity index (χ0) is 15.1. The van der Waals surface area contributed by atoms with E-state index in [9.17, 15) is 0 Å². The van der Waals surface area contributed by atoms with E-state index in [0.29, 0.717) is 23.8 Å². The summed E-state index contributed by atoms with van der Waals surface area (Å²) in [5.41, 5.74) is 1.48. The van der Waals surface area contributed by atoms with Gasteiger partial charge in [-0.15, -0.1) is 0 Å². The van der Waals surface area contributed by atoms with E-state index in [1.54, 1.807) is 0 Å². The molecule has 1 aliphatic rings. The van der Waals surface area contributed by atoms with Crippen LogP contribution in [0.4, 0.5) is 0 Å². The lowest BCUT2D eigenvalue weighted by molar-refractivity contribution is 0.165. The number of ether oxygens (including phenoxy) is 1. The predicted octanol–water partition coefficient (Wildman–Crippen LogP) is 4.22. The van der Waals surface area contributed by atoms with Crippen molar-refractivity contribution in [3.63, 3.8) is 0 Å². The maximum Gasteiger partial charge on any atom is 0.0510 e. The molecule has 1 fully saturated rings. The summed E-state index contributed by atoms with van der Waals surface area (Å²) in [6, 6.07) is 11.6. The van der Waals surface area contributed by atoms with Crippen molar-refractivity contribution in [1.29, 1.82) is 0 Å². The monoisotopic (exact) mass is 289 g/mol. The van der Waals surface area contributed by atoms with Gasteiger partial charge in [-0.25, -0.2) is 0 Å². The molecule has 2 heteroatoms. The Labute approximate surface area is 130 Å². The lowest BCUT2D eigenvalue weighted by Gasteiger charge is -2.36. The van der Waals surface area contributed by atoms with Crippen molar-refractivity contribution in [2.45, 2.75) is 52.0 Å². The van der Waals surface area contributed by atoms with E-state index in [2.05, 4.69) is 56.4 Å². The van der Waals surface area contributed by atoms with Crippen LogP contribution in [0, 0.1) is 11.8 Å².